The van der Waals surface area contributed by atoms with Crippen molar-refractivity contribution >= 4 is 11.4 Å². The van der Waals surface area contributed by atoms with Crippen LogP contribution in [0.5, 0.6) is 0 Å². The summed E-state index contributed by atoms with van der Waals surface area (Å²) in [4.78, 5) is 12.6. The van der Waals surface area contributed by atoms with Crippen LogP contribution in [0.25, 0.3) is 0 Å². The quantitative estimate of drug-likeness (QED) is 0.624. The molecule has 1 aromatic carbocycles. The second kappa shape index (κ2) is 6.35. The lowest BCUT2D eigenvalue weighted by atomic mass is 10.1. The van der Waals surface area contributed by atoms with Gasteiger partial charge in [0.25, 0.3) is 5.69 Å². The zero-order chi connectivity index (χ0) is 13.7. The molecule has 0 spiro atoms. The van der Waals surface area contributed by atoms with Crippen molar-refractivity contribution in [3.05, 3.63) is 33.9 Å². The Hall–Kier alpha value is -1.62. The van der Waals surface area contributed by atoms with Crippen molar-refractivity contribution in [3.8, 4) is 0 Å². The molecule has 0 aliphatic carbocycles. The van der Waals surface area contributed by atoms with Crippen LogP contribution in [0.1, 0.15) is 25.8 Å². The van der Waals surface area contributed by atoms with Crippen LogP contribution in [-0.4, -0.2) is 29.2 Å². The van der Waals surface area contributed by atoms with Crippen LogP contribution in [0.15, 0.2) is 18.2 Å². The molecule has 0 saturated heterocycles. The molecular formula is C13H20N2O3. The number of nitro groups is 1. The van der Waals surface area contributed by atoms with Gasteiger partial charge < -0.3 is 10.0 Å². The fourth-order valence-electron chi connectivity index (χ4n) is 1.90. The molecule has 0 fully saturated rings. The maximum Gasteiger partial charge on any atom is 0.274 e. The molecule has 0 aliphatic rings. The third-order valence-electron chi connectivity index (χ3n) is 2.90. The molecule has 0 amide bonds. The van der Waals surface area contributed by atoms with E-state index in [9.17, 15) is 10.1 Å². The standard InChI is InChI=1S/C13H20N2O3/c1-10(2)14(7-4-8-16)12-6-5-11(3)13(9-12)15(17)18/h5-6,9-10,16H,4,7-8H2,1-3H3. The number of aliphatic hydroxyl groups is 1. The number of hydrogen-bond acceptors (Lipinski definition) is 4. The highest BCUT2D eigenvalue weighted by molar-refractivity contribution is 5.57. The Morgan fingerprint density at radius 3 is 2.61 bits per heavy atom. The van der Waals surface area contributed by atoms with Gasteiger partial charge in [0.05, 0.1) is 4.92 Å². The van der Waals surface area contributed by atoms with Crippen molar-refractivity contribution in [1.82, 2.24) is 0 Å². The first-order valence-electron chi connectivity index (χ1n) is 6.10. The summed E-state index contributed by atoms with van der Waals surface area (Å²) >= 11 is 0. The van der Waals surface area contributed by atoms with Gasteiger partial charge in [0.15, 0.2) is 0 Å². The number of benzene rings is 1. The van der Waals surface area contributed by atoms with Gasteiger partial charge in [-0.1, -0.05) is 6.07 Å². The number of hydrogen-bond donors (Lipinski definition) is 1. The summed E-state index contributed by atoms with van der Waals surface area (Å²) in [5.74, 6) is 0. The summed E-state index contributed by atoms with van der Waals surface area (Å²) < 4.78 is 0. The smallest absolute Gasteiger partial charge is 0.274 e. The first-order chi connectivity index (χ1) is 8.47. The van der Waals surface area contributed by atoms with Crippen molar-refractivity contribution in [2.75, 3.05) is 18.1 Å². The second-order valence-corrected chi connectivity index (χ2v) is 4.59. The zero-order valence-corrected chi connectivity index (χ0v) is 11.1. The minimum atomic E-state index is -0.358. The molecule has 100 valence electrons. The van der Waals surface area contributed by atoms with Gasteiger partial charge in [-0.05, 0) is 33.3 Å². The van der Waals surface area contributed by atoms with Crippen LogP contribution in [0.2, 0.25) is 0 Å². The third-order valence-corrected chi connectivity index (χ3v) is 2.90. The van der Waals surface area contributed by atoms with Crippen LogP contribution in [-0.2, 0) is 0 Å². The van der Waals surface area contributed by atoms with E-state index in [0.717, 1.165) is 5.69 Å². The molecule has 0 radical (unpaired) electrons. The first-order valence-corrected chi connectivity index (χ1v) is 6.10. The van der Waals surface area contributed by atoms with E-state index >= 15 is 0 Å². The Labute approximate surface area is 107 Å². The largest absolute Gasteiger partial charge is 0.396 e. The van der Waals surface area contributed by atoms with Crippen LogP contribution in [0, 0.1) is 17.0 Å². The van der Waals surface area contributed by atoms with Gasteiger partial charge in [-0.2, -0.15) is 0 Å². The number of nitro benzene ring substituents is 1. The van der Waals surface area contributed by atoms with E-state index < -0.39 is 0 Å². The minimum Gasteiger partial charge on any atom is -0.396 e. The van der Waals surface area contributed by atoms with Crippen molar-refractivity contribution in [2.24, 2.45) is 0 Å². The Balaban J connectivity index is 3.05. The van der Waals surface area contributed by atoms with E-state index in [4.69, 9.17) is 5.11 Å². The molecule has 0 saturated carbocycles. The summed E-state index contributed by atoms with van der Waals surface area (Å²) in [6.45, 7) is 6.60. The molecule has 0 heterocycles. The third kappa shape index (κ3) is 3.43. The molecule has 0 aromatic heterocycles. The summed E-state index contributed by atoms with van der Waals surface area (Å²) in [6, 6.07) is 5.49. The van der Waals surface area contributed by atoms with E-state index in [1.54, 1.807) is 19.1 Å². The normalized spacial score (nSPS) is 10.7. The highest BCUT2D eigenvalue weighted by Crippen LogP contribution is 2.26. The van der Waals surface area contributed by atoms with Crippen LogP contribution in [0.3, 0.4) is 0 Å². The number of rotatable bonds is 6. The highest BCUT2D eigenvalue weighted by Gasteiger charge is 2.16. The highest BCUT2D eigenvalue weighted by atomic mass is 16.6. The van der Waals surface area contributed by atoms with Crippen molar-refractivity contribution < 1.29 is 10.0 Å². The van der Waals surface area contributed by atoms with E-state index in [0.29, 0.717) is 18.5 Å². The summed E-state index contributed by atoms with van der Waals surface area (Å²) in [6.07, 6.45) is 0.653. The van der Waals surface area contributed by atoms with E-state index in [1.165, 1.54) is 0 Å². The molecular weight excluding hydrogens is 232 g/mol. The van der Waals surface area contributed by atoms with E-state index in [-0.39, 0.29) is 23.3 Å². The molecule has 0 atom stereocenters. The molecule has 0 aliphatic heterocycles. The van der Waals surface area contributed by atoms with Gasteiger partial charge in [0.2, 0.25) is 0 Å². The maximum absolute atomic E-state index is 10.9. The predicted molar refractivity (Wildman–Crippen MR) is 72.0 cm³/mol. The van der Waals surface area contributed by atoms with Gasteiger partial charge >= 0.3 is 0 Å². The lowest BCUT2D eigenvalue weighted by Gasteiger charge is -2.28. The van der Waals surface area contributed by atoms with Gasteiger partial charge in [-0.15, -0.1) is 0 Å². The average molecular weight is 252 g/mol. The predicted octanol–water partition coefficient (Wildman–Crippen LogP) is 2.50. The van der Waals surface area contributed by atoms with Gasteiger partial charge in [0.1, 0.15) is 0 Å². The molecule has 5 heteroatoms. The molecule has 5 nitrogen and oxygen atoms in total. The molecule has 18 heavy (non-hydrogen) atoms. The monoisotopic (exact) mass is 252 g/mol. The number of aliphatic hydroxyl groups excluding tert-OH is 1. The Morgan fingerprint density at radius 2 is 2.11 bits per heavy atom. The molecule has 0 unspecified atom stereocenters. The number of nitrogens with zero attached hydrogens (tertiary/aromatic N) is 2. The van der Waals surface area contributed by atoms with Gasteiger partial charge in [-0.3, -0.25) is 10.1 Å². The fourth-order valence-corrected chi connectivity index (χ4v) is 1.90. The summed E-state index contributed by atoms with van der Waals surface area (Å²) in [5.41, 5.74) is 1.63. The van der Waals surface area contributed by atoms with Crippen molar-refractivity contribution in [3.63, 3.8) is 0 Å². The minimum absolute atomic E-state index is 0.122. The van der Waals surface area contributed by atoms with Crippen LogP contribution < -0.4 is 4.90 Å². The van der Waals surface area contributed by atoms with Crippen LogP contribution in [0.4, 0.5) is 11.4 Å². The Morgan fingerprint density at radius 1 is 1.44 bits per heavy atom. The van der Waals surface area contributed by atoms with E-state index in [1.807, 2.05) is 19.9 Å². The topological polar surface area (TPSA) is 66.6 Å². The molecule has 0 bridgehead atoms. The van der Waals surface area contributed by atoms with Crippen molar-refractivity contribution in [1.29, 1.82) is 0 Å². The van der Waals surface area contributed by atoms with Gasteiger partial charge in [0, 0.05) is 36.5 Å². The van der Waals surface area contributed by atoms with Crippen LogP contribution >= 0.6 is 0 Å². The van der Waals surface area contributed by atoms with Crippen molar-refractivity contribution in [2.45, 2.75) is 33.2 Å². The zero-order valence-electron chi connectivity index (χ0n) is 11.1. The van der Waals surface area contributed by atoms with Gasteiger partial charge in [-0.25, -0.2) is 0 Å². The Bertz CT molecular complexity index is 419. The average Bonchev–Trinajstić information content (AvgIpc) is 2.30. The summed E-state index contributed by atoms with van der Waals surface area (Å²) in [7, 11) is 0. The molecule has 1 aromatic rings. The maximum atomic E-state index is 10.9. The second-order valence-electron chi connectivity index (χ2n) is 4.59. The lowest BCUT2D eigenvalue weighted by Crippen LogP contribution is -2.32. The van der Waals surface area contributed by atoms with E-state index in [2.05, 4.69) is 4.90 Å². The number of aryl methyl sites for hydroxylation is 1. The SMILES string of the molecule is Cc1ccc(N(CCCO)C(C)C)cc1[N+](=O)[O-]. The summed E-state index contributed by atoms with van der Waals surface area (Å²) in [5, 5.41) is 19.8. The molecule has 1 rings (SSSR count). The lowest BCUT2D eigenvalue weighted by molar-refractivity contribution is -0.385. The molecule has 1 N–H and O–H groups in total. The first kappa shape index (κ1) is 14.4. The fraction of sp³-hybridized carbons (Fsp3) is 0.538. The number of anilines is 1. The Kier molecular flexibility index (Phi) is 5.09.